The second-order valence-corrected chi connectivity index (χ2v) is 6.79. The quantitative estimate of drug-likeness (QED) is 0.519. The lowest BCUT2D eigenvalue weighted by Gasteiger charge is -2.14. The van der Waals surface area contributed by atoms with Crippen molar-refractivity contribution in [3.63, 3.8) is 0 Å². The summed E-state index contributed by atoms with van der Waals surface area (Å²) in [5, 5.41) is 12.9. The normalized spacial score (nSPS) is 12.9. The van der Waals surface area contributed by atoms with Gasteiger partial charge in [0.2, 0.25) is 0 Å². The molecule has 0 fully saturated rings. The number of ether oxygens (including phenoxy) is 1. The molecule has 1 N–H and O–H groups in total. The Kier molecular flexibility index (Phi) is 6.48. The van der Waals surface area contributed by atoms with Gasteiger partial charge in [0.1, 0.15) is 0 Å². The molecular weight excluding hydrogens is 310 g/mol. The number of aromatic nitrogens is 1. The van der Waals surface area contributed by atoms with Crippen LogP contribution in [-0.4, -0.2) is 29.0 Å². The molecule has 0 spiro atoms. The number of nitrogens with zero attached hydrogens (tertiary/aromatic N) is 1. The molecule has 3 nitrogen and oxygen atoms in total. The van der Waals surface area contributed by atoms with Crippen molar-refractivity contribution in [2.45, 2.75) is 51.7 Å². The van der Waals surface area contributed by atoms with E-state index in [9.17, 15) is 5.11 Å². The van der Waals surface area contributed by atoms with Crippen molar-refractivity contribution in [2.75, 3.05) is 13.2 Å². The topological polar surface area (TPSA) is 34.4 Å². The maximum absolute atomic E-state index is 10.4. The number of benzene rings is 2. The summed E-state index contributed by atoms with van der Waals surface area (Å²) in [5.74, 6) is 0. The number of aliphatic hydroxyl groups excluding tert-OH is 1. The van der Waals surface area contributed by atoms with E-state index in [0.29, 0.717) is 13.2 Å². The average Bonchev–Trinajstić information content (AvgIpc) is 2.95. The SMILES string of the molecule is CCCCCCCOC[C@@H](O)Cn1c2ccccc2c2ccccc21. The fraction of sp³-hybridized carbons (Fsp3) is 0.455. The molecule has 3 rings (SSSR count). The van der Waals surface area contributed by atoms with Gasteiger partial charge in [-0.15, -0.1) is 0 Å². The van der Waals surface area contributed by atoms with Gasteiger partial charge in [-0.2, -0.15) is 0 Å². The second kappa shape index (κ2) is 9.02. The van der Waals surface area contributed by atoms with Crippen molar-refractivity contribution in [3.05, 3.63) is 48.5 Å². The van der Waals surface area contributed by atoms with Crippen LogP contribution in [0.25, 0.3) is 21.8 Å². The highest BCUT2D eigenvalue weighted by Gasteiger charge is 2.13. The van der Waals surface area contributed by atoms with Crippen molar-refractivity contribution in [1.82, 2.24) is 4.57 Å². The van der Waals surface area contributed by atoms with E-state index in [1.54, 1.807) is 0 Å². The van der Waals surface area contributed by atoms with E-state index in [-0.39, 0.29) is 0 Å². The molecule has 3 heteroatoms. The van der Waals surface area contributed by atoms with Gasteiger partial charge in [0, 0.05) is 28.4 Å². The summed E-state index contributed by atoms with van der Waals surface area (Å²) in [4.78, 5) is 0. The average molecular weight is 339 g/mol. The molecule has 0 unspecified atom stereocenters. The minimum atomic E-state index is -0.491. The van der Waals surface area contributed by atoms with Crippen molar-refractivity contribution in [3.8, 4) is 0 Å². The zero-order valence-corrected chi connectivity index (χ0v) is 15.2. The van der Waals surface area contributed by atoms with Crippen LogP contribution in [0.4, 0.5) is 0 Å². The summed E-state index contributed by atoms with van der Waals surface area (Å²) in [7, 11) is 0. The van der Waals surface area contributed by atoms with Gasteiger partial charge in [-0.3, -0.25) is 0 Å². The molecule has 3 aromatic rings. The highest BCUT2D eigenvalue weighted by atomic mass is 16.5. The number of aliphatic hydroxyl groups is 1. The highest BCUT2D eigenvalue weighted by molar-refractivity contribution is 6.07. The largest absolute Gasteiger partial charge is 0.389 e. The predicted molar refractivity (Wildman–Crippen MR) is 105 cm³/mol. The summed E-state index contributed by atoms with van der Waals surface area (Å²) in [6.45, 7) is 3.92. The number of para-hydroxylation sites is 2. The zero-order valence-electron chi connectivity index (χ0n) is 15.2. The molecular formula is C22H29NO2. The number of rotatable bonds is 10. The van der Waals surface area contributed by atoms with Crippen LogP contribution in [0.5, 0.6) is 0 Å². The van der Waals surface area contributed by atoms with Gasteiger partial charge in [0.15, 0.2) is 0 Å². The zero-order chi connectivity index (χ0) is 17.5. The van der Waals surface area contributed by atoms with Gasteiger partial charge in [0.25, 0.3) is 0 Å². The van der Waals surface area contributed by atoms with Crippen LogP contribution in [0.1, 0.15) is 39.0 Å². The minimum Gasteiger partial charge on any atom is -0.389 e. The van der Waals surface area contributed by atoms with Gasteiger partial charge >= 0.3 is 0 Å². The van der Waals surface area contributed by atoms with Gasteiger partial charge in [-0.25, -0.2) is 0 Å². The van der Waals surface area contributed by atoms with Crippen molar-refractivity contribution in [2.24, 2.45) is 0 Å². The molecule has 0 aliphatic carbocycles. The van der Waals surface area contributed by atoms with Gasteiger partial charge in [0.05, 0.1) is 19.3 Å². The Hall–Kier alpha value is -1.84. The molecule has 134 valence electrons. The first-order chi connectivity index (χ1) is 12.3. The maximum Gasteiger partial charge on any atom is 0.0952 e. The summed E-state index contributed by atoms with van der Waals surface area (Å²) in [6.07, 6.45) is 5.66. The Labute approximate surface area is 150 Å². The number of unbranched alkanes of at least 4 members (excludes halogenated alkanes) is 4. The third kappa shape index (κ3) is 4.42. The molecule has 0 aliphatic heterocycles. The molecule has 0 saturated heterocycles. The van der Waals surface area contributed by atoms with E-state index in [2.05, 4.69) is 60.0 Å². The third-order valence-electron chi connectivity index (χ3n) is 4.78. The lowest BCUT2D eigenvalue weighted by molar-refractivity contribution is 0.0278. The molecule has 0 aliphatic rings. The monoisotopic (exact) mass is 339 g/mol. The van der Waals surface area contributed by atoms with Gasteiger partial charge in [-0.1, -0.05) is 69.0 Å². The van der Waals surface area contributed by atoms with Crippen LogP contribution in [0.2, 0.25) is 0 Å². The molecule has 1 aromatic heterocycles. The summed E-state index contributed by atoms with van der Waals surface area (Å²) < 4.78 is 7.89. The van der Waals surface area contributed by atoms with E-state index in [4.69, 9.17) is 4.74 Å². The first-order valence-electron chi connectivity index (χ1n) is 9.53. The minimum absolute atomic E-state index is 0.397. The molecule has 0 bridgehead atoms. The standard InChI is InChI=1S/C22H29NO2/c1-2-3-4-5-10-15-25-17-18(24)16-23-21-13-8-6-11-19(21)20-12-7-9-14-22(20)23/h6-9,11-14,18,24H,2-5,10,15-17H2,1H3/t18-/m0/s1. The molecule has 0 saturated carbocycles. The smallest absolute Gasteiger partial charge is 0.0952 e. The Bertz CT molecular complexity index is 740. The first kappa shape index (κ1) is 18.0. The molecule has 0 amide bonds. The third-order valence-corrected chi connectivity index (χ3v) is 4.78. The van der Waals surface area contributed by atoms with Crippen LogP contribution in [0.3, 0.4) is 0 Å². The molecule has 25 heavy (non-hydrogen) atoms. The van der Waals surface area contributed by atoms with Crippen LogP contribution in [-0.2, 0) is 11.3 Å². The first-order valence-corrected chi connectivity index (χ1v) is 9.53. The van der Waals surface area contributed by atoms with Crippen molar-refractivity contribution < 1.29 is 9.84 Å². The lowest BCUT2D eigenvalue weighted by Crippen LogP contribution is -2.22. The van der Waals surface area contributed by atoms with Crippen LogP contribution >= 0.6 is 0 Å². The van der Waals surface area contributed by atoms with Crippen LogP contribution in [0, 0.1) is 0 Å². The molecule has 0 radical (unpaired) electrons. The molecule has 1 atom stereocenters. The van der Waals surface area contributed by atoms with E-state index < -0.39 is 6.10 Å². The Morgan fingerprint density at radius 2 is 1.48 bits per heavy atom. The lowest BCUT2D eigenvalue weighted by atomic mass is 10.2. The fourth-order valence-corrected chi connectivity index (χ4v) is 3.49. The summed E-state index contributed by atoms with van der Waals surface area (Å²) in [6, 6.07) is 16.8. The predicted octanol–water partition coefficient (Wildman–Crippen LogP) is 5.14. The van der Waals surface area contributed by atoms with E-state index in [1.807, 2.05) is 0 Å². The molecule has 2 aromatic carbocycles. The Morgan fingerprint density at radius 3 is 2.12 bits per heavy atom. The maximum atomic E-state index is 10.4. The number of fused-ring (bicyclic) bond motifs is 3. The van der Waals surface area contributed by atoms with Gasteiger partial charge < -0.3 is 14.4 Å². The fourth-order valence-electron chi connectivity index (χ4n) is 3.49. The molecule has 1 heterocycles. The summed E-state index contributed by atoms with van der Waals surface area (Å²) in [5.41, 5.74) is 2.34. The van der Waals surface area contributed by atoms with Crippen molar-refractivity contribution >= 4 is 21.8 Å². The van der Waals surface area contributed by atoms with Crippen LogP contribution in [0.15, 0.2) is 48.5 Å². The second-order valence-electron chi connectivity index (χ2n) is 6.79. The van der Waals surface area contributed by atoms with Gasteiger partial charge in [-0.05, 0) is 18.6 Å². The Balaban J connectivity index is 1.60. The van der Waals surface area contributed by atoms with Crippen LogP contribution < -0.4 is 0 Å². The number of hydrogen-bond acceptors (Lipinski definition) is 2. The van der Waals surface area contributed by atoms with Crippen molar-refractivity contribution in [1.29, 1.82) is 0 Å². The highest BCUT2D eigenvalue weighted by Crippen LogP contribution is 2.28. The van der Waals surface area contributed by atoms with E-state index in [1.165, 1.54) is 47.5 Å². The van der Waals surface area contributed by atoms with E-state index >= 15 is 0 Å². The van der Waals surface area contributed by atoms with E-state index in [0.717, 1.165) is 13.0 Å². The Morgan fingerprint density at radius 1 is 0.880 bits per heavy atom. The summed E-state index contributed by atoms with van der Waals surface area (Å²) >= 11 is 0. The number of hydrogen-bond donors (Lipinski definition) is 1.